The number of carbonyl (C=O) groups excluding carboxylic acids is 1. The van der Waals surface area contributed by atoms with Crippen LogP contribution in [0.4, 0.5) is 10.1 Å². The quantitative estimate of drug-likeness (QED) is 0.406. The first-order valence-corrected chi connectivity index (χ1v) is 8.04. The van der Waals surface area contributed by atoms with Crippen molar-refractivity contribution in [1.82, 2.24) is 4.57 Å². The van der Waals surface area contributed by atoms with E-state index >= 15 is 0 Å². The van der Waals surface area contributed by atoms with Gasteiger partial charge in [-0.2, -0.15) is 4.99 Å². The first-order valence-electron chi connectivity index (χ1n) is 7.23. The van der Waals surface area contributed by atoms with Crippen LogP contribution in [0, 0.1) is 15.9 Å². The lowest BCUT2D eigenvalue weighted by Gasteiger charge is -2.00. The summed E-state index contributed by atoms with van der Waals surface area (Å²) in [6, 6.07) is 9.57. The summed E-state index contributed by atoms with van der Waals surface area (Å²) >= 11 is 1.19. The highest BCUT2D eigenvalue weighted by molar-refractivity contribution is 7.16. The summed E-state index contributed by atoms with van der Waals surface area (Å²) < 4.78 is 15.8. The summed E-state index contributed by atoms with van der Waals surface area (Å²) in [6.45, 7) is 4.10. The number of hydrogen-bond donors (Lipinski definition) is 0. The van der Waals surface area contributed by atoms with Gasteiger partial charge >= 0.3 is 0 Å². The molecule has 25 heavy (non-hydrogen) atoms. The predicted molar refractivity (Wildman–Crippen MR) is 93.0 cm³/mol. The molecule has 6 nitrogen and oxygen atoms in total. The number of fused-ring (bicyclic) bond motifs is 1. The summed E-state index contributed by atoms with van der Waals surface area (Å²) in [5.74, 6) is -0.896. The van der Waals surface area contributed by atoms with Gasteiger partial charge in [0.25, 0.3) is 11.6 Å². The summed E-state index contributed by atoms with van der Waals surface area (Å²) in [4.78, 5) is 27.0. The molecule has 3 rings (SSSR count). The van der Waals surface area contributed by atoms with E-state index in [1.165, 1.54) is 47.7 Å². The molecule has 0 unspecified atom stereocenters. The maximum Gasteiger partial charge on any atom is 0.279 e. The number of amides is 1. The standard InChI is InChI=1S/C17H12FN3O3S/c1-2-9-20-14-8-5-12(18)10-15(14)25-17(20)19-16(22)11-3-6-13(7-4-11)21(23)24/h2-8,10H,1,9H2. The van der Waals surface area contributed by atoms with E-state index in [9.17, 15) is 19.3 Å². The highest BCUT2D eigenvalue weighted by Gasteiger charge is 2.11. The van der Waals surface area contributed by atoms with E-state index in [1.807, 2.05) is 0 Å². The van der Waals surface area contributed by atoms with Gasteiger partial charge in [-0.1, -0.05) is 17.4 Å². The lowest BCUT2D eigenvalue weighted by atomic mass is 10.2. The fraction of sp³-hybridized carbons (Fsp3) is 0.0588. The van der Waals surface area contributed by atoms with Crippen LogP contribution in [0.15, 0.2) is 60.1 Å². The van der Waals surface area contributed by atoms with E-state index in [-0.39, 0.29) is 17.1 Å². The van der Waals surface area contributed by atoms with Crippen LogP contribution in [-0.2, 0) is 6.54 Å². The van der Waals surface area contributed by atoms with Gasteiger partial charge in [-0.15, -0.1) is 6.58 Å². The molecule has 0 saturated carbocycles. The van der Waals surface area contributed by atoms with Crippen LogP contribution in [0.3, 0.4) is 0 Å². The molecule has 0 saturated heterocycles. The van der Waals surface area contributed by atoms with E-state index < -0.39 is 10.8 Å². The predicted octanol–water partition coefficient (Wildman–Crippen LogP) is 3.68. The van der Waals surface area contributed by atoms with E-state index in [4.69, 9.17) is 0 Å². The van der Waals surface area contributed by atoms with Crippen LogP contribution >= 0.6 is 11.3 Å². The molecule has 126 valence electrons. The normalized spacial score (nSPS) is 11.6. The Morgan fingerprint density at radius 1 is 1.32 bits per heavy atom. The van der Waals surface area contributed by atoms with E-state index in [1.54, 1.807) is 16.7 Å². The minimum Gasteiger partial charge on any atom is -0.312 e. The Kier molecular flexibility index (Phi) is 4.53. The number of carbonyl (C=O) groups is 1. The van der Waals surface area contributed by atoms with Crippen LogP contribution in [0.5, 0.6) is 0 Å². The van der Waals surface area contributed by atoms with Crippen molar-refractivity contribution in [3.05, 3.63) is 81.4 Å². The molecular formula is C17H12FN3O3S. The Bertz CT molecular complexity index is 1050. The van der Waals surface area contributed by atoms with Gasteiger partial charge in [0.05, 0.1) is 15.1 Å². The fourth-order valence-electron chi connectivity index (χ4n) is 2.32. The Balaban J connectivity index is 2.07. The lowest BCUT2D eigenvalue weighted by molar-refractivity contribution is -0.384. The molecule has 0 bridgehead atoms. The number of aromatic nitrogens is 1. The number of hydrogen-bond acceptors (Lipinski definition) is 4. The van der Waals surface area contributed by atoms with Crippen LogP contribution in [-0.4, -0.2) is 15.4 Å². The van der Waals surface area contributed by atoms with Crippen LogP contribution < -0.4 is 4.80 Å². The third-order valence-corrected chi connectivity index (χ3v) is 4.52. The first-order chi connectivity index (χ1) is 12.0. The van der Waals surface area contributed by atoms with Gasteiger partial charge in [0, 0.05) is 24.2 Å². The van der Waals surface area contributed by atoms with E-state index in [2.05, 4.69) is 11.6 Å². The maximum absolute atomic E-state index is 13.4. The molecule has 1 aromatic heterocycles. The third-order valence-electron chi connectivity index (χ3n) is 3.48. The van der Waals surface area contributed by atoms with Gasteiger partial charge in [0.2, 0.25) is 0 Å². The summed E-state index contributed by atoms with van der Waals surface area (Å²) in [6.07, 6.45) is 1.66. The van der Waals surface area contributed by atoms with Crippen LogP contribution in [0.2, 0.25) is 0 Å². The molecule has 0 aliphatic carbocycles. The summed E-state index contributed by atoms with van der Waals surface area (Å²) in [5, 5.41) is 10.7. The fourth-order valence-corrected chi connectivity index (χ4v) is 3.38. The van der Waals surface area contributed by atoms with Gasteiger partial charge in [-0.05, 0) is 30.3 Å². The third kappa shape index (κ3) is 3.38. The summed E-state index contributed by atoms with van der Waals surface area (Å²) in [5.41, 5.74) is 0.886. The first kappa shape index (κ1) is 16.7. The average molecular weight is 357 g/mol. The Hall–Kier alpha value is -3.13. The minimum absolute atomic E-state index is 0.101. The van der Waals surface area contributed by atoms with Crippen molar-refractivity contribution < 1.29 is 14.1 Å². The van der Waals surface area contributed by atoms with Gasteiger partial charge in [0.15, 0.2) is 4.80 Å². The molecule has 0 fully saturated rings. The largest absolute Gasteiger partial charge is 0.312 e. The smallest absolute Gasteiger partial charge is 0.279 e. The van der Waals surface area contributed by atoms with Gasteiger partial charge in [0.1, 0.15) is 5.82 Å². The van der Waals surface area contributed by atoms with E-state index in [0.29, 0.717) is 16.0 Å². The van der Waals surface area contributed by atoms with Crippen LogP contribution in [0.25, 0.3) is 10.2 Å². The van der Waals surface area contributed by atoms with Crippen molar-refractivity contribution in [3.63, 3.8) is 0 Å². The molecule has 0 spiro atoms. The number of allylic oxidation sites excluding steroid dienone is 1. The number of rotatable bonds is 4. The zero-order valence-electron chi connectivity index (χ0n) is 12.9. The minimum atomic E-state index is -0.538. The van der Waals surface area contributed by atoms with Crippen LogP contribution in [0.1, 0.15) is 10.4 Å². The molecule has 0 aliphatic heterocycles. The molecule has 1 heterocycles. The summed E-state index contributed by atoms with van der Waals surface area (Å²) in [7, 11) is 0. The molecule has 3 aromatic rings. The molecule has 2 aromatic carbocycles. The maximum atomic E-state index is 13.4. The number of benzene rings is 2. The number of nitrogens with zero attached hydrogens (tertiary/aromatic N) is 3. The number of halogens is 1. The highest BCUT2D eigenvalue weighted by atomic mass is 32.1. The Labute approximate surface area is 145 Å². The van der Waals surface area contributed by atoms with Crippen molar-refractivity contribution in [1.29, 1.82) is 0 Å². The number of nitro groups is 1. The van der Waals surface area contributed by atoms with Gasteiger partial charge < -0.3 is 4.57 Å². The zero-order chi connectivity index (χ0) is 18.0. The second-order valence-electron chi connectivity index (χ2n) is 5.12. The highest BCUT2D eigenvalue weighted by Crippen LogP contribution is 2.19. The van der Waals surface area contributed by atoms with Gasteiger partial charge in [-0.25, -0.2) is 4.39 Å². The second kappa shape index (κ2) is 6.78. The number of nitro benzene ring substituents is 1. The van der Waals surface area contributed by atoms with Crippen molar-refractivity contribution >= 4 is 33.1 Å². The molecule has 1 amide bonds. The molecule has 8 heteroatoms. The molecule has 0 radical (unpaired) electrons. The second-order valence-corrected chi connectivity index (χ2v) is 6.13. The lowest BCUT2D eigenvalue weighted by Crippen LogP contribution is -2.16. The Morgan fingerprint density at radius 3 is 2.68 bits per heavy atom. The zero-order valence-corrected chi connectivity index (χ0v) is 13.7. The average Bonchev–Trinajstić information content (AvgIpc) is 2.91. The monoisotopic (exact) mass is 357 g/mol. The number of thiazole rings is 1. The molecular weight excluding hydrogens is 345 g/mol. The van der Waals surface area contributed by atoms with Crippen molar-refractivity contribution in [2.75, 3.05) is 0 Å². The molecule has 0 aliphatic rings. The van der Waals surface area contributed by atoms with Gasteiger partial charge in [-0.3, -0.25) is 14.9 Å². The van der Waals surface area contributed by atoms with Crippen molar-refractivity contribution in [3.8, 4) is 0 Å². The van der Waals surface area contributed by atoms with Crippen molar-refractivity contribution in [2.24, 2.45) is 4.99 Å². The SMILES string of the molecule is C=CCn1c(=NC(=O)c2ccc([N+](=O)[O-])cc2)sc2cc(F)ccc21. The Morgan fingerprint density at radius 2 is 2.04 bits per heavy atom. The van der Waals surface area contributed by atoms with E-state index in [0.717, 1.165) is 5.52 Å². The molecule has 0 N–H and O–H groups in total. The topological polar surface area (TPSA) is 77.5 Å². The van der Waals surface area contributed by atoms with Crippen molar-refractivity contribution in [2.45, 2.75) is 6.54 Å². The molecule has 0 atom stereocenters. The number of non-ortho nitro benzene ring substituents is 1.